The Morgan fingerprint density at radius 2 is 0.706 bits per heavy atom. The average Bonchev–Trinajstić information content (AvgIpc) is 2.94. The normalized spacial score (nSPS) is 11.2. The van der Waals surface area contributed by atoms with Gasteiger partial charge in [0.1, 0.15) is 23.2 Å². The van der Waals surface area contributed by atoms with Crippen molar-refractivity contribution in [2.75, 3.05) is 6.35 Å². The van der Waals surface area contributed by atoms with E-state index in [9.17, 15) is 0 Å². The minimum atomic E-state index is -2.09. The van der Waals surface area contributed by atoms with Gasteiger partial charge in [-0.1, -0.05) is 102 Å². The summed E-state index contributed by atoms with van der Waals surface area (Å²) in [7, 11) is -2.09. The van der Waals surface area contributed by atoms with E-state index in [2.05, 4.69) is 140 Å². The standard InChI is InChI=1S/C32H27OP/c1-6-16-27(17-7-1)32(28-18-8-2-9-19-28)33-26-34(29-20-10-3-11-21-29,30-22-12-4-13-23-30)31-24-14-5-15-25-31/h1-25H,26H2. The molecule has 0 fully saturated rings. The summed E-state index contributed by atoms with van der Waals surface area (Å²) < 4.78 is 6.91. The fraction of sp³-hybridized carbons (Fsp3) is 0.0312. The number of benzene rings is 5. The lowest BCUT2D eigenvalue weighted by molar-refractivity contribution is 0.227. The lowest BCUT2D eigenvalue weighted by Crippen LogP contribution is -2.34. The van der Waals surface area contributed by atoms with Gasteiger partial charge in [-0.2, -0.15) is 0 Å². The smallest absolute Gasteiger partial charge is 0.169 e. The lowest BCUT2D eigenvalue weighted by Gasteiger charge is -2.31. The molecule has 0 bridgehead atoms. The minimum absolute atomic E-state index is 0.574. The molecule has 0 radical (unpaired) electrons. The first-order valence-corrected chi connectivity index (χ1v) is 13.5. The van der Waals surface area contributed by atoms with Crippen molar-refractivity contribution in [1.82, 2.24) is 0 Å². The molecule has 0 aliphatic rings. The number of hydrogen-bond donors (Lipinski definition) is 0. The van der Waals surface area contributed by atoms with E-state index >= 15 is 0 Å². The highest BCUT2D eigenvalue weighted by Gasteiger charge is 2.46. The second kappa shape index (κ2) is 10.5. The van der Waals surface area contributed by atoms with Crippen molar-refractivity contribution < 1.29 is 4.74 Å². The molecule has 0 aromatic heterocycles. The molecule has 0 heterocycles. The van der Waals surface area contributed by atoms with Crippen molar-refractivity contribution in [3.05, 3.63) is 169 Å². The third kappa shape index (κ3) is 4.54. The molecule has 0 aliphatic carbocycles. The molecule has 0 amide bonds. The molecule has 0 atom stereocenters. The predicted molar refractivity (Wildman–Crippen MR) is 145 cm³/mol. The summed E-state index contributed by atoms with van der Waals surface area (Å²) in [6, 6.07) is 53.4. The van der Waals surface area contributed by atoms with E-state index in [1.54, 1.807) is 0 Å². The first-order valence-electron chi connectivity index (χ1n) is 11.5. The van der Waals surface area contributed by atoms with Crippen molar-refractivity contribution in [2.24, 2.45) is 0 Å². The molecule has 2 heteroatoms. The van der Waals surface area contributed by atoms with Crippen molar-refractivity contribution in [1.29, 1.82) is 0 Å². The van der Waals surface area contributed by atoms with Crippen LogP contribution in [-0.4, -0.2) is 6.35 Å². The van der Waals surface area contributed by atoms with Crippen molar-refractivity contribution in [2.45, 2.75) is 0 Å². The Bertz CT molecular complexity index is 1140. The largest absolute Gasteiger partial charge is 0.347 e. The van der Waals surface area contributed by atoms with Gasteiger partial charge in [0.2, 0.25) is 0 Å². The second-order valence-electron chi connectivity index (χ2n) is 8.15. The van der Waals surface area contributed by atoms with Crippen LogP contribution in [0.1, 0.15) is 11.1 Å². The van der Waals surface area contributed by atoms with E-state index in [-0.39, 0.29) is 0 Å². The zero-order valence-corrected chi connectivity index (χ0v) is 19.9. The Labute approximate surface area is 203 Å². The number of ether oxygens (including phenoxy) is 1. The van der Waals surface area contributed by atoms with Crippen LogP contribution in [0, 0.1) is 6.10 Å². The summed E-state index contributed by atoms with van der Waals surface area (Å²) in [5, 5.41) is 3.94. The quantitative estimate of drug-likeness (QED) is 0.188. The van der Waals surface area contributed by atoms with Crippen LogP contribution in [0.15, 0.2) is 152 Å². The van der Waals surface area contributed by atoms with Crippen LogP contribution in [0.25, 0.3) is 0 Å². The number of hydrogen-bond acceptors (Lipinski definition) is 1. The molecule has 0 spiro atoms. The summed E-state index contributed by atoms with van der Waals surface area (Å²) in [5.41, 5.74) is 2.17. The molecule has 166 valence electrons. The molecule has 5 aromatic rings. The molecular formula is C32H27OP. The van der Waals surface area contributed by atoms with E-state index in [4.69, 9.17) is 4.74 Å². The van der Waals surface area contributed by atoms with Gasteiger partial charge in [-0.15, -0.1) is 24.3 Å². The average molecular weight is 459 g/mol. The van der Waals surface area contributed by atoms with E-state index in [0.29, 0.717) is 6.35 Å². The van der Waals surface area contributed by atoms with Gasteiger partial charge in [-0.25, -0.2) is 0 Å². The Morgan fingerprint density at radius 3 is 1.03 bits per heavy atom. The summed E-state index contributed by atoms with van der Waals surface area (Å²) in [6.07, 6.45) is 1.48. The zero-order valence-electron chi connectivity index (χ0n) is 19.0. The highest BCUT2D eigenvalue weighted by Crippen LogP contribution is 2.56. The highest BCUT2D eigenvalue weighted by atomic mass is 31.2. The first-order chi connectivity index (χ1) is 16.9. The van der Waals surface area contributed by atoms with Gasteiger partial charge < -0.3 is 4.74 Å². The maximum atomic E-state index is 6.91. The zero-order chi connectivity index (χ0) is 23.1. The van der Waals surface area contributed by atoms with Crippen LogP contribution < -0.4 is 15.9 Å². The maximum absolute atomic E-state index is 6.91. The summed E-state index contributed by atoms with van der Waals surface area (Å²) in [4.78, 5) is 0. The molecule has 0 aliphatic heterocycles. The van der Waals surface area contributed by atoms with Crippen LogP contribution in [0.2, 0.25) is 0 Å². The Kier molecular flexibility index (Phi) is 6.86. The van der Waals surface area contributed by atoms with E-state index in [0.717, 1.165) is 17.2 Å². The Balaban J connectivity index is 1.65. The van der Waals surface area contributed by atoms with Crippen LogP contribution in [0.5, 0.6) is 0 Å². The molecule has 5 rings (SSSR count). The van der Waals surface area contributed by atoms with E-state index in [1.807, 2.05) is 12.1 Å². The molecule has 0 saturated heterocycles. The monoisotopic (exact) mass is 458 g/mol. The summed E-state index contributed by atoms with van der Waals surface area (Å²) in [5.74, 6) is 0. The van der Waals surface area contributed by atoms with Crippen LogP contribution in [-0.2, 0) is 4.74 Å². The molecule has 5 aromatic carbocycles. The molecular weight excluding hydrogens is 431 g/mol. The molecule has 0 saturated carbocycles. The third-order valence-electron chi connectivity index (χ3n) is 6.07. The molecule has 0 N–H and O–H groups in total. The van der Waals surface area contributed by atoms with Gasteiger partial charge in [-0.3, -0.25) is 0 Å². The van der Waals surface area contributed by atoms with Crippen molar-refractivity contribution in [3.8, 4) is 0 Å². The van der Waals surface area contributed by atoms with Crippen molar-refractivity contribution >= 4 is 23.2 Å². The fourth-order valence-electron chi connectivity index (χ4n) is 4.39. The third-order valence-corrected chi connectivity index (χ3v) is 10.1. The predicted octanol–water partition coefficient (Wildman–Crippen LogP) is 6.58. The second-order valence-corrected chi connectivity index (χ2v) is 11.6. The SMILES string of the molecule is c1ccc([C-](OC[P+](c2ccccc2)(c2ccccc2)c2ccccc2)c2ccccc2)cc1. The lowest BCUT2D eigenvalue weighted by atomic mass is 10.0. The van der Waals surface area contributed by atoms with Crippen molar-refractivity contribution in [3.63, 3.8) is 0 Å². The van der Waals surface area contributed by atoms with Gasteiger partial charge in [0.05, 0.1) is 0 Å². The minimum Gasteiger partial charge on any atom is -0.347 e. The van der Waals surface area contributed by atoms with Crippen LogP contribution >= 0.6 is 7.26 Å². The van der Waals surface area contributed by atoms with Gasteiger partial charge in [-0.05, 0) is 36.4 Å². The first kappa shape index (κ1) is 22.2. The van der Waals surface area contributed by atoms with Gasteiger partial charge >= 0.3 is 0 Å². The van der Waals surface area contributed by atoms with Crippen LogP contribution in [0.3, 0.4) is 0 Å². The Hall–Kier alpha value is -3.64. The molecule has 0 unspecified atom stereocenters. The maximum Gasteiger partial charge on any atom is 0.169 e. The van der Waals surface area contributed by atoms with E-state index in [1.165, 1.54) is 15.9 Å². The van der Waals surface area contributed by atoms with Gasteiger partial charge in [0.25, 0.3) is 0 Å². The van der Waals surface area contributed by atoms with E-state index < -0.39 is 7.26 Å². The fourth-order valence-corrected chi connectivity index (χ4v) is 8.10. The summed E-state index contributed by atoms with van der Waals surface area (Å²) >= 11 is 0. The van der Waals surface area contributed by atoms with Gasteiger partial charge in [0, 0.05) is 6.10 Å². The highest BCUT2D eigenvalue weighted by molar-refractivity contribution is 7.95. The van der Waals surface area contributed by atoms with Gasteiger partial charge in [0.15, 0.2) is 6.35 Å². The topological polar surface area (TPSA) is 9.23 Å². The summed E-state index contributed by atoms with van der Waals surface area (Å²) in [6.45, 7) is 0. The Morgan fingerprint density at radius 1 is 0.412 bits per heavy atom. The molecule has 34 heavy (non-hydrogen) atoms. The van der Waals surface area contributed by atoms with Crippen LogP contribution in [0.4, 0.5) is 0 Å². The number of rotatable bonds is 8. The molecule has 1 nitrogen and oxygen atoms in total.